The van der Waals surface area contributed by atoms with Gasteiger partial charge in [0.15, 0.2) is 0 Å². The maximum Gasteiger partial charge on any atom is 0.0687 e. The molecule has 3 heteroatoms. The highest BCUT2D eigenvalue weighted by atomic mass is 16.3. The molecular formula is C18H30N2O. The standard InChI is InChI=1S/C18H30N2O/c1-13-9-14(2)18(12-21)15(3)17(13)11-19(4)10-16-7-6-8-20(16)5/h9,16,21H,6-8,10-12H2,1-5H3/t16-/m1/s1. The maximum absolute atomic E-state index is 9.59. The normalized spacial score (nSPS) is 19.7. The van der Waals surface area contributed by atoms with Crippen molar-refractivity contribution in [3.63, 3.8) is 0 Å². The van der Waals surface area contributed by atoms with Crippen LogP contribution < -0.4 is 0 Å². The molecule has 1 aliphatic heterocycles. The van der Waals surface area contributed by atoms with Crippen LogP contribution >= 0.6 is 0 Å². The molecular weight excluding hydrogens is 260 g/mol. The minimum atomic E-state index is 0.139. The van der Waals surface area contributed by atoms with Gasteiger partial charge in [-0.1, -0.05) is 6.07 Å². The fourth-order valence-corrected chi connectivity index (χ4v) is 3.66. The molecule has 1 aliphatic rings. The van der Waals surface area contributed by atoms with Gasteiger partial charge in [-0.2, -0.15) is 0 Å². The second-order valence-corrected chi connectivity index (χ2v) is 6.72. The average Bonchev–Trinajstić information content (AvgIpc) is 2.80. The van der Waals surface area contributed by atoms with Gasteiger partial charge in [0, 0.05) is 19.1 Å². The number of aryl methyl sites for hydroxylation is 2. The molecule has 0 saturated carbocycles. The van der Waals surface area contributed by atoms with Gasteiger partial charge >= 0.3 is 0 Å². The Morgan fingerprint density at radius 2 is 1.90 bits per heavy atom. The van der Waals surface area contributed by atoms with Gasteiger partial charge in [0.25, 0.3) is 0 Å². The number of aliphatic hydroxyl groups excluding tert-OH is 1. The molecule has 0 spiro atoms. The van der Waals surface area contributed by atoms with Crippen LogP contribution in [0.5, 0.6) is 0 Å². The predicted molar refractivity (Wildman–Crippen MR) is 88.6 cm³/mol. The Balaban J connectivity index is 2.11. The van der Waals surface area contributed by atoms with Crippen molar-refractivity contribution in [3.05, 3.63) is 33.9 Å². The van der Waals surface area contributed by atoms with E-state index < -0.39 is 0 Å². The second-order valence-electron chi connectivity index (χ2n) is 6.72. The number of likely N-dealkylation sites (N-methyl/N-ethyl adjacent to an activating group) is 2. The zero-order valence-corrected chi connectivity index (χ0v) is 14.2. The first-order chi connectivity index (χ1) is 9.93. The zero-order valence-electron chi connectivity index (χ0n) is 14.2. The van der Waals surface area contributed by atoms with Crippen molar-refractivity contribution in [2.45, 2.75) is 52.8 Å². The zero-order chi connectivity index (χ0) is 15.6. The largest absolute Gasteiger partial charge is 0.392 e. The third kappa shape index (κ3) is 3.65. The molecule has 1 aromatic carbocycles. The third-order valence-corrected chi connectivity index (χ3v) is 5.07. The van der Waals surface area contributed by atoms with Crippen molar-refractivity contribution in [2.75, 3.05) is 27.2 Å². The molecule has 1 fully saturated rings. The van der Waals surface area contributed by atoms with E-state index in [2.05, 4.69) is 50.7 Å². The molecule has 1 atom stereocenters. The topological polar surface area (TPSA) is 26.7 Å². The van der Waals surface area contributed by atoms with Gasteiger partial charge in [-0.05, 0) is 82.1 Å². The first kappa shape index (κ1) is 16.5. The summed E-state index contributed by atoms with van der Waals surface area (Å²) < 4.78 is 0. The molecule has 21 heavy (non-hydrogen) atoms. The Hall–Kier alpha value is -0.900. The van der Waals surface area contributed by atoms with E-state index in [4.69, 9.17) is 0 Å². The summed E-state index contributed by atoms with van der Waals surface area (Å²) in [5, 5.41) is 9.59. The third-order valence-electron chi connectivity index (χ3n) is 5.07. The molecule has 1 saturated heterocycles. The van der Waals surface area contributed by atoms with Crippen molar-refractivity contribution < 1.29 is 5.11 Å². The summed E-state index contributed by atoms with van der Waals surface area (Å²) in [6.07, 6.45) is 2.64. The number of hydrogen-bond donors (Lipinski definition) is 1. The molecule has 1 heterocycles. The van der Waals surface area contributed by atoms with Gasteiger partial charge in [-0.25, -0.2) is 0 Å². The van der Waals surface area contributed by atoms with Crippen molar-refractivity contribution in [3.8, 4) is 0 Å². The highest BCUT2D eigenvalue weighted by Gasteiger charge is 2.22. The van der Waals surface area contributed by atoms with Crippen molar-refractivity contribution in [1.82, 2.24) is 9.80 Å². The van der Waals surface area contributed by atoms with E-state index >= 15 is 0 Å². The second kappa shape index (κ2) is 6.91. The quantitative estimate of drug-likeness (QED) is 0.903. The minimum absolute atomic E-state index is 0.139. The summed E-state index contributed by atoms with van der Waals surface area (Å²) in [7, 11) is 4.45. The number of likely N-dealkylation sites (tertiary alicyclic amines) is 1. The van der Waals surface area contributed by atoms with E-state index in [0.717, 1.165) is 18.7 Å². The molecule has 3 nitrogen and oxygen atoms in total. The highest BCUT2D eigenvalue weighted by molar-refractivity contribution is 5.44. The average molecular weight is 290 g/mol. The molecule has 1 N–H and O–H groups in total. The number of nitrogens with zero attached hydrogens (tertiary/aromatic N) is 2. The Kier molecular flexibility index (Phi) is 5.42. The minimum Gasteiger partial charge on any atom is -0.392 e. The highest BCUT2D eigenvalue weighted by Crippen LogP contribution is 2.24. The lowest BCUT2D eigenvalue weighted by Crippen LogP contribution is -2.36. The molecule has 2 rings (SSSR count). The first-order valence-corrected chi connectivity index (χ1v) is 8.02. The number of benzene rings is 1. The van der Waals surface area contributed by atoms with E-state index in [1.807, 2.05) is 0 Å². The lowest BCUT2D eigenvalue weighted by molar-refractivity contribution is 0.215. The van der Waals surface area contributed by atoms with Gasteiger partial charge in [0.2, 0.25) is 0 Å². The monoisotopic (exact) mass is 290 g/mol. The van der Waals surface area contributed by atoms with Crippen LogP contribution in [0.2, 0.25) is 0 Å². The fraction of sp³-hybridized carbons (Fsp3) is 0.667. The van der Waals surface area contributed by atoms with E-state index in [1.54, 1.807) is 0 Å². The van der Waals surface area contributed by atoms with Crippen LogP contribution in [0.4, 0.5) is 0 Å². The molecule has 0 radical (unpaired) electrons. The van der Waals surface area contributed by atoms with Gasteiger partial charge in [0.1, 0.15) is 0 Å². The Labute approximate surface area is 129 Å². The summed E-state index contributed by atoms with van der Waals surface area (Å²) >= 11 is 0. The summed E-state index contributed by atoms with van der Waals surface area (Å²) in [5.41, 5.74) is 6.29. The number of aliphatic hydroxyl groups is 1. The van der Waals surface area contributed by atoms with E-state index in [0.29, 0.717) is 6.04 Å². The summed E-state index contributed by atoms with van der Waals surface area (Å²) in [6, 6.07) is 2.90. The van der Waals surface area contributed by atoms with Crippen LogP contribution in [0, 0.1) is 20.8 Å². The number of rotatable bonds is 5. The lowest BCUT2D eigenvalue weighted by atomic mass is 9.93. The number of hydrogen-bond acceptors (Lipinski definition) is 3. The van der Waals surface area contributed by atoms with E-state index in [9.17, 15) is 5.11 Å². The molecule has 0 aliphatic carbocycles. The lowest BCUT2D eigenvalue weighted by Gasteiger charge is -2.27. The van der Waals surface area contributed by atoms with Crippen LogP contribution in [0.25, 0.3) is 0 Å². The Bertz CT molecular complexity index is 498. The van der Waals surface area contributed by atoms with Crippen molar-refractivity contribution >= 4 is 0 Å². The van der Waals surface area contributed by atoms with E-state index in [-0.39, 0.29) is 6.61 Å². The maximum atomic E-state index is 9.59. The van der Waals surface area contributed by atoms with Gasteiger partial charge in [0.05, 0.1) is 6.61 Å². The van der Waals surface area contributed by atoms with Crippen LogP contribution in [0.3, 0.4) is 0 Å². The van der Waals surface area contributed by atoms with Crippen molar-refractivity contribution in [1.29, 1.82) is 0 Å². The van der Waals surface area contributed by atoms with E-state index in [1.165, 1.54) is 41.6 Å². The fourth-order valence-electron chi connectivity index (χ4n) is 3.66. The van der Waals surface area contributed by atoms with Gasteiger partial charge in [-0.3, -0.25) is 0 Å². The Morgan fingerprint density at radius 1 is 1.24 bits per heavy atom. The smallest absolute Gasteiger partial charge is 0.0687 e. The van der Waals surface area contributed by atoms with Crippen LogP contribution in [0.15, 0.2) is 6.07 Å². The van der Waals surface area contributed by atoms with Crippen LogP contribution in [-0.2, 0) is 13.2 Å². The SMILES string of the molecule is Cc1cc(C)c(CN(C)C[C@H]2CCCN2C)c(C)c1CO. The Morgan fingerprint density at radius 3 is 2.48 bits per heavy atom. The molecule has 0 aromatic heterocycles. The molecule has 0 amide bonds. The van der Waals surface area contributed by atoms with Gasteiger partial charge in [-0.15, -0.1) is 0 Å². The molecule has 0 bridgehead atoms. The van der Waals surface area contributed by atoms with Crippen molar-refractivity contribution in [2.24, 2.45) is 0 Å². The van der Waals surface area contributed by atoms with Crippen LogP contribution in [-0.4, -0.2) is 48.1 Å². The summed E-state index contributed by atoms with van der Waals surface area (Å²) in [4.78, 5) is 4.91. The van der Waals surface area contributed by atoms with Crippen LogP contribution in [0.1, 0.15) is 40.7 Å². The molecule has 1 aromatic rings. The summed E-state index contributed by atoms with van der Waals surface area (Å²) in [6.45, 7) is 9.89. The van der Waals surface area contributed by atoms with Gasteiger partial charge < -0.3 is 14.9 Å². The predicted octanol–water partition coefficient (Wildman–Crippen LogP) is 2.63. The first-order valence-electron chi connectivity index (χ1n) is 8.02. The summed E-state index contributed by atoms with van der Waals surface area (Å²) in [5.74, 6) is 0. The molecule has 0 unspecified atom stereocenters. The molecule has 118 valence electrons.